The molecule has 7 aromatic carbocycles. The third kappa shape index (κ3) is 5.69. The van der Waals surface area contributed by atoms with Gasteiger partial charge < -0.3 is 0 Å². The second kappa shape index (κ2) is 12.4. The average Bonchev–Trinajstić information content (AvgIpc) is 3.56. The van der Waals surface area contributed by atoms with E-state index in [1.54, 1.807) is 11.3 Å². The molecule has 2 aromatic heterocycles. The van der Waals surface area contributed by atoms with E-state index in [1.807, 2.05) is 12.1 Å². The Balaban J connectivity index is 1.14. The van der Waals surface area contributed by atoms with Gasteiger partial charge in [0, 0.05) is 36.9 Å². The molecule has 0 aliphatic rings. The molecule has 0 aliphatic carbocycles. The second-order valence-corrected chi connectivity index (χ2v) is 13.2. The Kier molecular flexibility index (Phi) is 7.34. The van der Waals surface area contributed by atoms with Crippen molar-refractivity contribution in [1.29, 1.82) is 0 Å². The molecule has 0 spiro atoms. The molecule has 9 rings (SSSR count). The number of fused-ring (bicyclic) bond motifs is 3. The fourth-order valence-corrected chi connectivity index (χ4v) is 7.50. The minimum Gasteiger partial charge on any atom is -0.208 e. The zero-order chi connectivity index (χ0) is 32.6. The lowest BCUT2D eigenvalue weighted by Gasteiger charge is -2.10. The molecule has 49 heavy (non-hydrogen) atoms. The van der Waals surface area contributed by atoms with Crippen LogP contribution in [0.3, 0.4) is 0 Å². The fourth-order valence-electron chi connectivity index (χ4n) is 6.37. The largest absolute Gasteiger partial charge is 0.208 e. The van der Waals surface area contributed by atoms with Gasteiger partial charge in [0.1, 0.15) is 0 Å². The van der Waals surface area contributed by atoms with Crippen LogP contribution in [0.1, 0.15) is 0 Å². The van der Waals surface area contributed by atoms with Crippen molar-refractivity contribution >= 4 is 31.5 Å². The molecule has 4 heteroatoms. The Morgan fingerprint density at radius 3 is 1.16 bits per heavy atom. The summed E-state index contributed by atoms with van der Waals surface area (Å²) in [5.41, 5.74) is 9.97. The molecule has 0 bridgehead atoms. The summed E-state index contributed by atoms with van der Waals surface area (Å²) in [6.07, 6.45) is 0. The van der Waals surface area contributed by atoms with Gasteiger partial charge in [-0.1, -0.05) is 158 Å². The first kappa shape index (κ1) is 29.0. The molecule has 0 unspecified atom stereocenters. The summed E-state index contributed by atoms with van der Waals surface area (Å²) in [4.78, 5) is 15.1. The predicted molar refractivity (Wildman–Crippen MR) is 205 cm³/mol. The molecule has 230 valence electrons. The van der Waals surface area contributed by atoms with Crippen molar-refractivity contribution < 1.29 is 0 Å². The quantitative estimate of drug-likeness (QED) is 0.181. The van der Waals surface area contributed by atoms with Crippen molar-refractivity contribution in [2.45, 2.75) is 0 Å². The molecule has 0 saturated heterocycles. The van der Waals surface area contributed by atoms with E-state index in [-0.39, 0.29) is 0 Å². The molecule has 2 heterocycles. The van der Waals surface area contributed by atoms with E-state index in [9.17, 15) is 0 Å². The van der Waals surface area contributed by atoms with Crippen molar-refractivity contribution in [1.82, 2.24) is 15.0 Å². The van der Waals surface area contributed by atoms with Crippen LogP contribution in [0.4, 0.5) is 0 Å². The molecule has 0 saturated carbocycles. The summed E-state index contributed by atoms with van der Waals surface area (Å²) < 4.78 is 2.47. The molecular weight excluding hydrogens is 615 g/mol. The molecule has 0 amide bonds. The summed E-state index contributed by atoms with van der Waals surface area (Å²) in [6.45, 7) is 0. The maximum absolute atomic E-state index is 5.06. The highest BCUT2D eigenvalue weighted by atomic mass is 32.1. The maximum Gasteiger partial charge on any atom is 0.164 e. The van der Waals surface area contributed by atoms with E-state index >= 15 is 0 Å². The average molecular weight is 644 g/mol. The first-order valence-corrected chi connectivity index (χ1v) is 17.2. The minimum atomic E-state index is 0.649. The van der Waals surface area contributed by atoms with E-state index in [0.29, 0.717) is 17.5 Å². The van der Waals surface area contributed by atoms with Gasteiger partial charge in [0.2, 0.25) is 0 Å². The van der Waals surface area contributed by atoms with E-state index in [2.05, 4.69) is 164 Å². The van der Waals surface area contributed by atoms with Crippen LogP contribution >= 0.6 is 11.3 Å². The van der Waals surface area contributed by atoms with Gasteiger partial charge >= 0.3 is 0 Å². The van der Waals surface area contributed by atoms with Crippen LogP contribution in [-0.2, 0) is 0 Å². The van der Waals surface area contributed by atoms with E-state index in [0.717, 1.165) is 27.8 Å². The van der Waals surface area contributed by atoms with Gasteiger partial charge in [0.15, 0.2) is 17.5 Å². The number of thiophene rings is 1. The fraction of sp³-hybridized carbons (Fsp3) is 0. The Labute approximate surface area is 288 Å². The van der Waals surface area contributed by atoms with Crippen LogP contribution < -0.4 is 0 Å². The van der Waals surface area contributed by atoms with Gasteiger partial charge in [-0.05, 0) is 51.6 Å². The third-order valence-electron chi connectivity index (χ3n) is 8.97. The first-order valence-electron chi connectivity index (χ1n) is 16.4. The monoisotopic (exact) mass is 643 g/mol. The van der Waals surface area contributed by atoms with Crippen LogP contribution in [0.25, 0.3) is 87.7 Å². The lowest BCUT2D eigenvalue weighted by Crippen LogP contribution is -2.00. The van der Waals surface area contributed by atoms with Gasteiger partial charge in [-0.3, -0.25) is 0 Å². The number of rotatable bonds is 6. The molecule has 0 atom stereocenters. The van der Waals surface area contributed by atoms with Gasteiger partial charge in [0.05, 0.1) is 0 Å². The van der Waals surface area contributed by atoms with Crippen LogP contribution in [0.5, 0.6) is 0 Å². The highest BCUT2D eigenvalue weighted by Gasteiger charge is 2.15. The zero-order valence-electron chi connectivity index (χ0n) is 26.5. The molecule has 0 aliphatic heterocycles. The van der Waals surface area contributed by atoms with Crippen LogP contribution in [-0.4, -0.2) is 15.0 Å². The number of nitrogens with zero attached hydrogens (tertiary/aromatic N) is 3. The van der Waals surface area contributed by atoms with E-state index in [4.69, 9.17) is 15.0 Å². The van der Waals surface area contributed by atoms with Crippen molar-refractivity contribution in [3.8, 4) is 67.5 Å². The summed E-state index contributed by atoms with van der Waals surface area (Å²) in [5, 5.41) is 2.51. The standard InChI is InChI=1S/C45H29N3S/c1-4-10-30(11-5-1)33-16-20-35(21-17-33)43-46-44(36-22-18-34(19-23-36)31-12-6-2-7-13-31)48-45(47-43)38-24-26-39-40-28-37(32-14-8-3-9-15-32)25-27-41(40)49-42(39)29-38/h1-29H. The Morgan fingerprint density at radius 1 is 0.265 bits per heavy atom. The lowest BCUT2D eigenvalue weighted by molar-refractivity contribution is 1.07. The topological polar surface area (TPSA) is 38.7 Å². The van der Waals surface area contributed by atoms with Crippen molar-refractivity contribution in [3.05, 3.63) is 176 Å². The molecule has 0 N–H and O–H groups in total. The molecule has 3 nitrogen and oxygen atoms in total. The molecule has 0 fully saturated rings. The number of hydrogen-bond acceptors (Lipinski definition) is 4. The number of benzene rings is 7. The van der Waals surface area contributed by atoms with E-state index in [1.165, 1.54) is 42.4 Å². The Bertz CT molecular complexity index is 2460. The molecule has 0 radical (unpaired) electrons. The second-order valence-electron chi connectivity index (χ2n) is 12.1. The van der Waals surface area contributed by atoms with Crippen LogP contribution in [0, 0.1) is 0 Å². The van der Waals surface area contributed by atoms with Gasteiger partial charge in [-0.2, -0.15) is 0 Å². The first-order chi connectivity index (χ1) is 24.2. The van der Waals surface area contributed by atoms with Gasteiger partial charge in [-0.25, -0.2) is 15.0 Å². The van der Waals surface area contributed by atoms with Gasteiger partial charge in [-0.15, -0.1) is 11.3 Å². The molecule has 9 aromatic rings. The summed E-state index contributed by atoms with van der Waals surface area (Å²) in [6, 6.07) is 61.6. The van der Waals surface area contributed by atoms with Gasteiger partial charge in [0.25, 0.3) is 0 Å². The maximum atomic E-state index is 5.06. The van der Waals surface area contributed by atoms with Crippen molar-refractivity contribution in [2.75, 3.05) is 0 Å². The Morgan fingerprint density at radius 2 is 0.653 bits per heavy atom. The van der Waals surface area contributed by atoms with Crippen LogP contribution in [0.15, 0.2) is 176 Å². The third-order valence-corrected chi connectivity index (χ3v) is 10.1. The lowest BCUT2D eigenvalue weighted by atomic mass is 10.0. The SMILES string of the molecule is c1ccc(-c2ccc(-c3nc(-c4ccc(-c5ccccc5)cc4)nc(-c4ccc5c(c4)sc4ccc(-c6ccccc6)cc45)n3)cc2)cc1. The van der Waals surface area contributed by atoms with Crippen molar-refractivity contribution in [3.63, 3.8) is 0 Å². The minimum absolute atomic E-state index is 0.649. The Hall–Kier alpha value is -6.23. The van der Waals surface area contributed by atoms with E-state index < -0.39 is 0 Å². The summed E-state index contributed by atoms with van der Waals surface area (Å²) >= 11 is 1.80. The normalized spacial score (nSPS) is 11.3. The highest BCUT2D eigenvalue weighted by molar-refractivity contribution is 7.25. The molecular formula is C45H29N3S. The predicted octanol–water partition coefficient (Wildman–Crippen LogP) is 12.2. The summed E-state index contributed by atoms with van der Waals surface area (Å²) in [5.74, 6) is 1.95. The summed E-state index contributed by atoms with van der Waals surface area (Å²) in [7, 11) is 0. The zero-order valence-corrected chi connectivity index (χ0v) is 27.3. The van der Waals surface area contributed by atoms with Crippen molar-refractivity contribution in [2.24, 2.45) is 0 Å². The highest BCUT2D eigenvalue weighted by Crippen LogP contribution is 2.38. The number of aromatic nitrogens is 3. The number of hydrogen-bond donors (Lipinski definition) is 0. The smallest absolute Gasteiger partial charge is 0.164 e. The van der Waals surface area contributed by atoms with Crippen LogP contribution in [0.2, 0.25) is 0 Å².